The monoisotopic (exact) mass is 358 g/mol. The highest BCUT2D eigenvalue weighted by molar-refractivity contribution is 7.92. The van der Waals surface area contributed by atoms with Crippen LogP contribution in [0.3, 0.4) is 0 Å². The van der Waals surface area contributed by atoms with E-state index in [-0.39, 0.29) is 17.7 Å². The predicted octanol–water partition coefficient (Wildman–Crippen LogP) is 3.35. The maximum Gasteiger partial charge on any atom is 0.255 e. The van der Waals surface area contributed by atoms with Crippen molar-refractivity contribution in [2.45, 2.75) is 33.2 Å². The van der Waals surface area contributed by atoms with Crippen molar-refractivity contribution in [2.75, 3.05) is 15.4 Å². The topological polar surface area (TPSA) is 66.5 Å². The lowest BCUT2D eigenvalue weighted by atomic mass is 10.1. The van der Waals surface area contributed by atoms with Crippen LogP contribution in [0.5, 0.6) is 0 Å². The van der Waals surface area contributed by atoms with Gasteiger partial charge in [0.25, 0.3) is 5.91 Å². The van der Waals surface area contributed by atoms with Gasteiger partial charge in [0.2, 0.25) is 10.0 Å². The average molecular weight is 358 g/mol. The summed E-state index contributed by atoms with van der Waals surface area (Å²) in [6, 6.07) is 12.7. The molecule has 3 rings (SSSR count). The molecule has 1 atom stereocenters. The molecule has 1 N–H and O–H groups in total. The Morgan fingerprint density at radius 1 is 1.24 bits per heavy atom. The van der Waals surface area contributed by atoms with Crippen LogP contribution in [0.1, 0.15) is 35.3 Å². The highest BCUT2D eigenvalue weighted by Gasteiger charge is 2.34. The van der Waals surface area contributed by atoms with Gasteiger partial charge in [-0.1, -0.05) is 12.1 Å². The lowest BCUT2D eigenvalue weighted by molar-refractivity contribution is 0.102. The van der Waals surface area contributed by atoms with Crippen LogP contribution in [0.4, 0.5) is 11.4 Å². The molecule has 25 heavy (non-hydrogen) atoms. The quantitative estimate of drug-likeness (QED) is 0.911. The zero-order valence-electron chi connectivity index (χ0n) is 14.6. The molecule has 1 aliphatic heterocycles. The Morgan fingerprint density at radius 2 is 2.00 bits per heavy atom. The minimum Gasteiger partial charge on any atom is -0.322 e. The fraction of sp³-hybridized carbons (Fsp3) is 0.316. The van der Waals surface area contributed by atoms with Crippen LogP contribution in [0.2, 0.25) is 0 Å². The molecule has 5 nitrogen and oxygen atoms in total. The predicted molar refractivity (Wildman–Crippen MR) is 101 cm³/mol. The normalized spacial score (nSPS) is 16.6. The molecule has 6 heteroatoms. The Hall–Kier alpha value is -2.34. The molecule has 1 amide bonds. The standard InChI is InChI=1S/C19H22N2O3S/c1-4-25(23,24)21-14(3)11-16-12-15(8-9-18(16)21)19(22)20-17-7-5-6-13(2)10-17/h5-10,12,14H,4,11H2,1-3H3,(H,20,22)/t14-/m1/s1. The molecule has 132 valence electrons. The number of nitrogens with zero attached hydrogens (tertiary/aromatic N) is 1. The van der Waals surface area contributed by atoms with Crippen LogP contribution < -0.4 is 9.62 Å². The van der Waals surface area contributed by atoms with Gasteiger partial charge in [0.15, 0.2) is 0 Å². The van der Waals surface area contributed by atoms with E-state index >= 15 is 0 Å². The van der Waals surface area contributed by atoms with E-state index < -0.39 is 10.0 Å². The van der Waals surface area contributed by atoms with Crippen molar-refractivity contribution < 1.29 is 13.2 Å². The van der Waals surface area contributed by atoms with Crippen LogP contribution in [-0.4, -0.2) is 26.1 Å². The van der Waals surface area contributed by atoms with Crippen LogP contribution in [0.15, 0.2) is 42.5 Å². The first-order chi connectivity index (χ1) is 11.8. The minimum atomic E-state index is -3.31. The van der Waals surface area contributed by atoms with Gasteiger partial charge in [0.05, 0.1) is 11.4 Å². The smallest absolute Gasteiger partial charge is 0.255 e. The minimum absolute atomic E-state index is 0.0619. The second-order valence-electron chi connectivity index (χ2n) is 6.42. The molecule has 0 bridgehead atoms. The Kier molecular flexibility index (Phi) is 4.56. The molecule has 1 aliphatic rings. The van der Waals surface area contributed by atoms with Gasteiger partial charge in [-0.15, -0.1) is 0 Å². The van der Waals surface area contributed by atoms with E-state index in [2.05, 4.69) is 5.32 Å². The molecule has 0 saturated heterocycles. The van der Waals surface area contributed by atoms with E-state index in [1.807, 2.05) is 38.1 Å². The average Bonchev–Trinajstić information content (AvgIpc) is 2.90. The second-order valence-corrected chi connectivity index (χ2v) is 8.55. The maximum atomic E-state index is 12.5. The Bertz CT molecular complexity index is 922. The van der Waals surface area contributed by atoms with E-state index in [1.54, 1.807) is 25.1 Å². The molecule has 0 saturated carbocycles. The number of benzene rings is 2. The first-order valence-electron chi connectivity index (χ1n) is 8.35. The lowest BCUT2D eigenvalue weighted by Crippen LogP contribution is -2.36. The van der Waals surface area contributed by atoms with Crippen molar-refractivity contribution in [3.05, 3.63) is 59.2 Å². The summed E-state index contributed by atoms with van der Waals surface area (Å²) in [5.74, 6) is -0.135. The molecule has 0 aliphatic carbocycles. The molecular formula is C19H22N2O3S. The number of amides is 1. The van der Waals surface area contributed by atoms with Crippen LogP contribution in [0, 0.1) is 6.92 Å². The number of fused-ring (bicyclic) bond motifs is 1. The number of carbonyl (C=O) groups is 1. The van der Waals surface area contributed by atoms with Gasteiger partial charge in [0.1, 0.15) is 0 Å². The fourth-order valence-electron chi connectivity index (χ4n) is 3.23. The Labute approximate surface area is 148 Å². The van der Waals surface area contributed by atoms with Crippen molar-refractivity contribution in [2.24, 2.45) is 0 Å². The molecule has 0 unspecified atom stereocenters. The van der Waals surface area contributed by atoms with Crippen LogP contribution in [0.25, 0.3) is 0 Å². The molecular weight excluding hydrogens is 336 g/mol. The van der Waals surface area contributed by atoms with Crippen LogP contribution in [-0.2, 0) is 16.4 Å². The molecule has 1 heterocycles. The van der Waals surface area contributed by atoms with Gasteiger partial charge in [-0.3, -0.25) is 9.10 Å². The largest absolute Gasteiger partial charge is 0.322 e. The summed E-state index contributed by atoms with van der Waals surface area (Å²) in [6.07, 6.45) is 0.611. The maximum absolute atomic E-state index is 12.5. The second kappa shape index (κ2) is 6.52. The fourth-order valence-corrected chi connectivity index (χ4v) is 4.61. The molecule has 2 aromatic carbocycles. The first kappa shape index (κ1) is 17.5. The summed E-state index contributed by atoms with van der Waals surface area (Å²) in [7, 11) is -3.31. The van der Waals surface area contributed by atoms with E-state index in [1.165, 1.54) is 4.31 Å². The van der Waals surface area contributed by atoms with E-state index in [0.29, 0.717) is 17.7 Å². The van der Waals surface area contributed by atoms with Crippen molar-refractivity contribution >= 4 is 27.3 Å². The number of anilines is 2. The third-order valence-electron chi connectivity index (χ3n) is 4.44. The number of hydrogen-bond acceptors (Lipinski definition) is 3. The van der Waals surface area contributed by atoms with Crippen molar-refractivity contribution in [3.63, 3.8) is 0 Å². The number of hydrogen-bond donors (Lipinski definition) is 1. The summed E-state index contributed by atoms with van der Waals surface area (Å²) in [5.41, 5.74) is 3.92. The van der Waals surface area contributed by atoms with Gasteiger partial charge < -0.3 is 5.32 Å². The van der Waals surface area contributed by atoms with E-state index in [9.17, 15) is 13.2 Å². The van der Waals surface area contributed by atoms with Crippen LogP contribution >= 0.6 is 0 Å². The number of rotatable bonds is 4. The van der Waals surface area contributed by atoms with Crippen molar-refractivity contribution in [3.8, 4) is 0 Å². The Balaban J connectivity index is 1.87. The van der Waals surface area contributed by atoms with Gasteiger partial charge >= 0.3 is 0 Å². The molecule has 0 fully saturated rings. The van der Waals surface area contributed by atoms with Crippen molar-refractivity contribution in [1.29, 1.82) is 0 Å². The SMILES string of the molecule is CCS(=O)(=O)N1c2ccc(C(=O)Nc3cccc(C)c3)cc2C[C@H]1C. The third kappa shape index (κ3) is 3.39. The zero-order valence-corrected chi connectivity index (χ0v) is 15.4. The number of nitrogens with one attached hydrogen (secondary N) is 1. The summed E-state index contributed by atoms with van der Waals surface area (Å²) in [6.45, 7) is 5.50. The highest BCUT2D eigenvalue weighted by atomic mass is 32.2. The molecule has 0 radical (unpaired) electrons. The first-order valence-corrected chi connectivity index (χ1v) is 9.96. The van der Waals surface area contributed by atoms with E-state index in [0.717, 1.165) is 16.8 Å². The summed E-state index contributed by atoms with van der Waals surface area (Å²) >= 11 is 0. The molecule has 2 aromatic rings. The van der Waals surface area contributed by atoms with Gasteiger partial charge in [-0.05, 0) is 68.7 Å². The van der Waals surface area contributed by atoms with Gasteiger partial charge in [-0.25, -0.2) is 8.42 Å². The molecule has 0 aromatic heterocycles. The zero-order chi connectivity index (χ0) is 18.2. The summed E-state index contributed by atoms with van der Waals surface area (Å²) < 4.78 is 26.1. The lowest BCUT2D eigenvalue weighted by Gasteiger charge is -2.23. The number of aryl methyl sites for hydroxylation is 1. The van der Waals surface area contributed by atoms with Crippen molar-refractivity contribution in [1.82, 2.24) is 0 Å². The molecule has 0 spiro atoms. The van der Waals surface area contributed by atoms with Gasteiger partial charge in [-0.2, -0.15) is 0 Å². The summed E-state index contributed by atoms with van der Waals surface area (Å²) in [5, 5.41) is 2.88. The summed E-state index contributed by atoms with van der Waals surface area (Å²) in [4.78, 5) is 12.5. The highest BCUT2D eigenvalue weighted by Crippen LogP contribution is 2.35. The van der Waals surface area contributed by atoms with E-state index in [4.69, 9.17) is 0 Å². The van der Waals surface area contributed by atoms with Gasteiger partial charge in [0, 0.05) is 17.3 Å². The Morgan fingerprint density at radius 3 is 2.68 bits per heavy atom. The third-order valence-corrected chi connectivity index (χ3v) is 6.32. The number of carbonyl (C=O) groups excluding carboxylic acids is 1. The number of sulfonamides is 1.